The molecule has 0 aliphatic carbocycles. The molecule has 25 heavy (non-hydrogen) atoms. The molecule has 1 aliphatic heterocycles. The largest absolute Gasteiger partial charge is 0.350 e. The zero-order valence-corrected chi connectivity index (χ0v) is 16.0. The molecule has 0 N–H and O–H groups in total. The van der Waals surface area contributed by atoms with Crippen molar-refractivity contribution in [3.8, 4) is 0 Å². The summed E-state index contributed by atoms with van der Waals surface area (Å²) in [5.41, 5.74) is 1.05. The molecule has 6 heteroatoms. The number of pyridine rings is 1. The molecule has 0 saturated carbocycles. The van der Waals surface area contributed by atoms with Crippen molar-refractivity contribution < 1.29 is 8.78 Å². The summed E-state index contributed by atoms with van der Waals surface area (Å²) in [5.74, 6) is -2.22. The van der Waals surface area contributed by atoms with Crippen LogP contribution in [-0.4, -0.2) is 42.0 Å². The van der Waals surface area contributed by atoms with Crippen LogP contribution < -0.4 is 4.90 Å². The summed E-state index contributed by atoms with van der Waals surface area (Å²) in [5, 5.41) is 0. The van der Waals surface area contributed by atoms with Crippen LogP contribution in [0.15, 0.2) is 53.1 Å². The molecule has 0 unspecified atom stereocenters. The highest BCUT2D eigenvalue weighted by atomic mass is 79.9. The number of aromatic nitrogens is 1. The van der Waals surface area contributed by atoms with Gasteiger partial charge in [-0.15, -0.1) is 0 Å². The van der Waals surface area contributed by atoms with E-state index in [1.54, 1.807) is 29.0 Å². The molecule has 3 nitrogen and oxygen atoms in total. The maximum absolute atomic E-state index is 14.9. The summed E-state index contributed by atoms with van der Waals surface area (Å²) in [6.45, 7) is 2.23. The van der Waals surface area contributed by atoms with Gasteiger partial charge in [0.25, 0.3) is 5.92 Å². The Labute approximate surface area is 155 Å². The summed E-state index contributed by atoms with van der Waals surface area (Å²) in [6.07, 6.45) is 0.398. The van der Waals surface area contributed by atoms with Gasteiger partial charge in [-0.1, -0.05) is 36.4 Å². The average molecular weight is 410 g/mol. The number of anilines is 1. The van der Waals surface area contributed by atoms with Gasteiger partial charge in [-0.2, -0.15) is 0 Å². The Morgan fingerprint density at radius 2 is 1.92 bits per heavy atom. The highest BCUT2D eigenvalue weighted by Crippen LogP contribution is 2.36. The Morgan fingerprint density at radius 3 is 2.56 bits per heavy atom. The molecule has 3 rings (SSSR count). The van der Waals surface area contributed by atoms with Gasteiger partial charge in [0.15, 0.2) is 0 Å². The smallest absolute Gasteiger partial charge is 0.280 e. The lowest BCUT2D eigenvalue weighted by Gasteiger charge is -2.44. The van der Waals surface area contributed by atoms with Crippen molar-refractivity contribution in [2.75, 3.05) is 25.0 Å². The van der Waals surface area contributed by atoms with Crippen molar-refractivity contribution in [3.05, 3.63) is 58.7 Å². The first kappa shape index (κ1) is 18.3. The molecule has 0 spiro atoms. The van der Waals surface area contributed by atoms with Crippen molar-refractivity contribution in [3.63, 3.8) is 0 Å². The van der Waals surface area contributed by atoms with Gasteiger partial charge in [-0.05, 0) is 54.0 Å². The zero-order chi connectivity index (χ0) is 18.0. The van der Waals surface area contributed by atoms with E-state index in [0.29, 0.717) is 23.4 Å². The van der Waals surface area contributed by atoms with Crippen molar-refractivity contribution in [1.29, 1.82) is 0 Å². The first-order chi connectivity index (χ1) is 11.9. The van der Waals surface area contributed by atoms with Gasteiger partial charge in [0.05, 0.1) is 12.6 Å². The van der Waals surface area contributed by atoms with E-state index < -0.39 is 12.0 Å². The highest BCUT2D eigenvalue weighted by molar-refractivity contribution is 9.10. The lowest BCUT2D eigenvalue weighted by atomic mass is 9.96. The summed E-state index contributed by atoms with van der Waals surface area (Å²) in [7, 11) is 1.79. The van der Waals surface area contributed by atoms with Gasteiger partial charge < -0.3 is 4.90 Å². The molecular formula is C19H22BrF2N3. The first-order valence-electron chi connectivity index (χ1n) is 8.41. The van der Waals surface area contributed by atoms with E-state index in [4.69, 9.17) is 0 Å². The third-order valence-corrected chi connectivity index (χ3v) is 5.41. The minimum Gasteiger partial charge on any atom is -0.350 e. The first-order valence-corrected chi connectivity index (χ1v) is 9.20. The predicted molar refractivity (Wildman–Crippen MR) is 100 cm³/mol. The molecule has 2 aromatic rings. The van der Waals surface area contributed by atoms with E-state index in [2.05, 4.69) is 20.9 Å². The topological polar surface area (TPSA) is 19.4 Å². The normalized spacial score (nSPS) is 21.4. The number of alkyl halides is 2. The molecule has 1 aliphatic rings. The van der Waals surface area contributed by atoms with Crippen LogP contribution in [0.1, 0.15) is 24.9 Å². The van der Waals surface area contributed by atoms with E-state index in [1.165, 1.54) is 0 Å². The predicted octanol–water partition coefficient (Wildman–Crippen LogP) is 4.75. The quantitative estimate of drug-likeness (QED) is 0.679. The van der Waals surface area contributed by atoms with Crippen LogP contribution in [0.25, 0.3) is 0 Å². The Balaban J connectivity index is 1.74. The second kappa shape index (κ2) is 7.38. The van der Waals surface area contributed by atoms with Crippen LogP contribution in [0, 0.1) is 0 Å². The molecule has 0 bridgehead atoms. The third kappa shape index (κ3) is 4.01. The SMILES string of the molecule is C[C@H](c1ccccc1)N(C)[C@@H]1CCN(c2cccc(Br)n2)CC1(F)F. The van der Waals surface area contributed by atoms with Crippen molar-refractivity contribution in [2.24, 2.45) is 0 Å². The number of halogens is 3. The van der Waals surface area contributed by atoms with Gasteiger partial charge in [0.2, 0.25) is 0 Å². The molecular weight excluding hydrogens is 388 g/mol. The second-order valence-electron chi connectivity index (χ2n) is 6.56. The molecule has 1 fully saturated rings. The van der Waals surface area contributed by atoms with Crippen molar-refractivity contribution in [2.45, 2.75) is 31.4 Å². The Hall–Kier alpha value is -1.53. The minimum atomic E-state index is -2.81. The van der Waals surface area contributed by atoms with Crippen LogP contribution in [-0.2, 0) is 0 Å². The van der Waals surface area contributed by atoms with Gasteiger partial charge in [-0.3, -0.25) is 4.90 Å². The maximum Gasteiger partial charge on any atom is 0.280 e. The Morgan fingerprint density at radius 1 is 1.20 bits per heavy atom. The fourth-order valence-corrected chi connectivity index (χ4v) is 3.77. The van der Waals surface area contributed by atoms with E-state index in [9.17, 15) is 8.78 Å². The lowest BCUT2D eigenvalue weighted by Crippen LogP contribution is -2.58. The van der Waals surface area contributed by atoms with Crippen LogP contribution in [0.3, 0.4) is 0 Å². The summed E-state index contributed by atoms with van der Waals surface area (Å²) < 4.78 is 30.5. The lowest BCUT2D eigenvalue weighted by molar-refractivity contribution is -0.0907. The van der Waals surface area contributed by atoms with Gasteiger partial charge >= 0.3 is 0 Å². The Kier molecular flexibility index (Phi) is 5.39. The molecule has 0 radical (unpaired) electrons. The molecule has 1 saturated heterocycles. The van der Waals surface area contributed by atoms with Crippen LogP contribution in [0.2, 0.25) is 0 Å². The standard InChI is InChI=1S/C19H22BrF2N3/c1-14(15-7-4-3-5-8-15)24(2)16-11-12-25(13-19(16,21)22)18-10-6-9-17(20)23-18/h3-10,14,16H,11-13H2,1-2H3/t14-,16-/m1/s1. The van der Waals surface area contributed by atoms with E-state index in [0.717, 1.165) is 5.56 Å². The van der Waals surface area contributed by atoms with E-state index >= 15 is 0 Å². The summed E-state index contributed by atoms with van der Waals surface area (Å²) in [6, 6.07) is 14.3. The van der Waals surface area contributed by atoms with Crippen LogP contribution in [0.4, 0.5) is 14.6 Å². The van der Waals surface area contributed by atoms with E-state index in [-0.39, 0.29) is 12.6 Å². The molecule has 1 aromatic heterocycles. The molecule has 2 heterocycles. The summed E-state index contributed by atoms with van der Waals surface area (Å²) >= 11 is 3.30. The molecule has 1 aromatic carbocycles. The number of benzene rings is 1. The highest BCUT2D eigenvalue weighted by Gasteiger charge is 2.47. The minimum absolute atomic E-state index is 0.0624. The number of rotatable bonds is 4. The fraction of sp³-hybridized carbons (Fsp3) is 0.421. The molecule has 2 atom stereocenters. The average Bonchev–Trinajstić information content (AvgIpc) is 2.60. The molecule has 134 valence electrons. The van der Waals surface area contributed by atoms with Crippen molar-refractivity contribution in [1.82, 2.24) is 9.88 Å². The van der Waals surface area contributed by atoms with Gasteiger partial charge in [-0.25, -0.2) is 13.8 Å². The number of hydrogen-bond donors (Lipinski definition) is 0. The van der Waals surface area contributed by atoms with Gasteiger partial charge in [0.1, 0.15) is 10.4 Å². The molecule has 0 amide bonds. The number of nitrogens with zero attached hydrogens (tertiary/aromatic N) is 3. The summed E-state index contributed by atoms with van der Waals surface area (Å²) in [4.78, 5) is 7.79. The monoisotopic (exact) mass is 409 g/mol. The number of piperidine rings is 1. The number of hydrogen-bond acceptors (Lipinski definition) is 3. The maximum atomic E-state index is 14.9. The van der Waals surface area contributed by atoms with Crippen LogP contribution in [0.5, 0.6) is 0 Å². The fourth-order valence-electron chi connectivity index (χ4n) is 3.44. The zero-order valence-electron chi connectivity index (χ0n) is 14.4. The van der Waals surface area contributed by atoms with Crippen LogP contribution >= 0.6 is 15.9 Å². The third-order valence-electron chi connectivity index (χ3n) is 4.97. The van der Waals surface area contributed by atoms with Crippen molar-refractivity contribution >= 4 is 21.7 Å². The van der Waals surface area contributed by atoms with E-state index in [1.807, 2.05) is 43.3 Å². The Bertz CT molecular complexity index is 711. The second-order valence-corrected chi connectivity index (χ2v) is 7.37. The van der Waals surface area contributed by atoms with Gasteiger partial charge in [0, 0.05) is 12.6 Å².